The molecule has 10 heteroatoms. The van der Waals surface area contributed by atoms with Crippen LogP contribution in [0.15, 0.2) is 60.8 Å². The number of hydrogen-bond acceptors (Lipinski definition) is 4. The molecule has 0 aliphatic heterocycles. The molecule has 0 radical (unpaired) electrons. The summed E-state index contributed by atoms with van der Waals surface area (Å²) in [4.78, 5) is 0. The van der Waals surface area contributed by atoms with Crippen LogP contribution in [0.5, 0.6) is 0 Å². The molecule has 0 unspecified atom stereocenters. The Morgan fingerprint density at radius 2 is 1.48 bits per heavy atom. The van der Waals surface area contributed by atoms with Crippen LogP contribution in [-0.2, 0) is 6.18 Å². The zero-order valence-electron chi connectivity index (χ0n) is 13.5. The highest BCUT2D eigenvalue weighted by atomic mass is 19.4. The van der Waals surface area contributed by atoms with Crippen LogP contribution in [0.1, 0.15) is 5.69 Å². The molecule has 0 saturated carbocycles. The van der Waals surface area contributed by atoms with E-state index in [1.54, 1.807) is 18.2 Å². The van der Waals surface area contributed by atoms with Crippen molar-refractivity contribution in [3.8, 4) is 22.8 Å². The molecule has 0 amide bonds. The standard InChI is InChI=1S/C17H10F4N6/c18-11-6-8-13(9-7-11)27-16(23-24-25-27)14-10-22-26(15(14)17(19,20)21)12-4-2-1-3-5-12/h1-10H. The molecule has 0 aliphatic rings. The normalized spacial score (nSPS) is 11.7. The van der Waals surface area contributed by atoms with Gasteiger partial charge in [0.25, 0.3) is 0 Å². The summed E-state index contributed by atoms with van der Waals surface area (Å²) in [7, 11) is 0. The summed E-state index contributed by atoms with van der Waals surface area (Å²) in [6.45, 7) is 0. The third kappa shape index (κ3) is 3.05. The van der Waals surface area contributed by atoms with Crippen molar-refractivity contribution in [1.82, 2.24) is 30.0 Å². The average molecular weight is 374 g/mol. The number of alkyl halides is 3. The van der Waals surface area contributed by atoms with Crippen molar-refractivity contribution < 1.29 is 17.6 Å². The molecule has 0 N–H and O–H groups in total. The molecule has 0 fully saturated rings. The largest absolute Gasteiger partial charge is 0.434 e. The van der Waals surface area contributed by atoms with Gasteiger partial charge in [-0.1, -0.05) is 18.2 Å². The molecule has 0 saturated heterocycles. The quantitative estimate of drug-likeness (QED) is 0.514. The van der Waals surface area contributed by atoms with Gasteiger partial charge in [0, 0.05) is 0 Å². The summed E-state index contributed by atoms with van der Waals surface area (Å²) < 4.78 is 56.5. The minimum atomic E-state index is -4.71. The van der Waals surface area contributed by atoms with E-state index in [0.29, 0.717) is 5.69 Å². The maximum absolute atomic E-state index is 13.8. The van der Waals surface area contributed by atoms with E-state index < -0.39 is 17.7 Å². The van der Waals surface area contributed by atoms with Gasteiger partial charge in [0.05, 0.1) is 23.1 Å². The van der Waals surface area contributed by atoms with E-state index in [1.807, 2.05) is 0 Å². The van der Waals surface area contributed by atoms with Crippen molar-refractivity contribution in [3.63, 3.8) is 0 Å². The van der Waals surface area contributed by atoms with Crippen molar-refractivity contribution >= 4 is 0 Å². The van der Waals surface area contributed by atoms with Crippen LogP contribution in [-0.4, -0.2) is 30.0 Å². The van der Waals surface area contributed by atoms with Gasteiger partial charge < -0.3 is 0 Å². The van der Waals surface area contributed by atoms with Crippen LogP contribution >= 0.6 is 0 Å². The molecule has 0 aliphatic carbocycles. The third-order valence-corrected chi connectivity index (χ3v) is 3.82. The van der Waals surface area contributed by atoms with Gasteiger partial charge in [-0.2, -0.15) is 23.0 Å². The fourth-order valence-corrected chi connectivity index (χ4v) is 2.66. The Balaban J connectivity index is 1.91. The maximum Gasteiger partial charge on any atom is 0.434 e. The van der Waals surface area contributed by atoms with Gasteiger partial charge in [0.15, 0.2) is 11.5 Å². The van der Waals surface area contributed by atoms with Crippen molar-refractivity contribution in [3.05, 3.63) is 72.3 Å². The molecule has 2 aromatic carbocycles. The Labute approximate surface area is 149 Å². The van der Waals surface area contributed by atoms with Crippen molar-refractivity contribution in [2.45, 2.75) is 6.18 Å². The summed E-state index contributed by atoms with van der Waals surface area (Å²) in [5.74, 6) is -0.641. The smallest absolute Gasteiger partial charge is 0.228 e. The summed E-state index contributed by atoms with van der Waals surface area (Å²) in [6, 6.07) is 13.0. The highest BCUT2D eigenvalue weighted by Gasteiger charge is 2.40. The van der Waals surface area contributed by atoms with E-state index in [4.69, 9.17) is 0 Å². The lowest BCUT2D eigenvalue weighted by Gasteiger charge is -2.12. The number of tetrazole rings is 1. The number of benzene rings is 2. The fraction of sp³-hybridized carbons (Fsp3) is 0.0588. The first-order valence-corrected chi connectivity index (χ1v) is 7.70. The van der Waals surface area contributed by atoms with E-state index in [-0.39, 0.29) is 17.1 Å². The van der Waals surface area contributed by atoms with Crippen molar-refractivity contribution in [2.75, 3.05) is 0 Å². The van der Waals surface area contributed by atoms with Gasteiger partial charge in [-0.05, 0) is 46.8 Å². The molecule has 0 bridgehead atoms. The highest BCUT2D eigenvalue weighted by molar-refractivity contribution is 5.61. The number of nitrogens with zero attached hydrogens (tertiary/aromatic N) is 6. The first-order chi connectivity index (χ1) is 12.9. The van der Waals surface area contributed by atoms with Gasteiger partial charge in [-0.15, -0.1) is 5.10 Å². The Bertz CT molecular complexity index is 1070. The second kappa shape index (κ2) is 6.31. The van der Waals surface area contributed by atoms with Crippen LogP contribution in [0.2, 0.25) is 0 Å². The van der Waals surface area contributed by atoms with Crippen molar-refractivity contribution in [1.29, 1.82) is 0 Å². The predicted molar refractivity (Wildman–Crippen MR) is 86.7 cm³/mol. The number of rotatable bonds is 3. The average Bonchev–Trinajstić information content (AvgIpc) is 3.29. The summed E-state index contributed by atoms with van der Waals surface area (Å²) in [5.41, 5.74) is -0.735. The number of aromatic nitrogens is 6. The van der Waals surface area contributed by atoms with Gasteiger partial charge in [0.2, 0.25) is 0 Å². The lowest BCUT2D eigenvalue weighted by atomic mass is 10.2. The summed E-state index contributed by atoms with van der Waals surface area (Å²) in [6.07, 6.45) is -3.65. The Hall–Kier alpha value is -3.56. The first-order valence-electron chi connectivity index (χ1n) is 7.70. The van der Waals surface area contributed by atoms with E-state index in [0.717, 1.165) is 15.6 Å². The molecule has 0 spiro atoms. The molecule has 6 nitrogen and oxygen atoms in total. The van der Waals surface area contributed by atoms with Gasteiger partial charge in [-0.3, -0.25) is 0 Å². The SMILES string of the molecule is Fc1ccc(-n2nnnc2-c2cnn(-c3ccccc3)c2C(F)(F)F)cc1. The van der Waals surface area contributed by atoms with E-state index in [1.165, 1.54) is 36.4 Å². The zero-order valence-corrected chi connectivity index (χ0v) is 13.5. The Morgan fingerprint density at radius 1 is 0.815 bits per heavy atom. The molecule has 4 aromatic rings. The third-order valence-electron chi connectivity index (χ3n) is 3.82. The molecule has 136 valence electrons. The van der Waals surface area contributed by atoms with Gasteiger partial charge >= 0.3 is 6.18 Å². The number of para-hydroxylation sites is 1. The van der Waals surface area contributed by atoms with Crippen molar-refractivity contribution in [2.24, 2.45) is 0 Å². The minimum Gasteiger partial charge on any atom is -0.228 e. The minimum absolute atomic E-state index is 0.156. The van der Waals surface area contributed by atoms with E-state index in [2.05, 4.69) is 20.6 Å². The van der Waals surface area contributed by atoms with Crippen LogP contribution in [0.3, 0.4) is 0 Å². The molecule has 2 heterocycles. The lowest BCUT2D eigenvalue weighted by Crippen LogP contribution is -2.15. The molecular weight excluding hydrogens is 364 g/mol. The fourth-order valence-electron chi connectivity index (χ4n) is 2.66. The molecule has 2 aromatic heterocycles. The van der Waals surface area contributed by atoms with E-state index >= 15 is 0 Å². The van der Waals surface area contributed by atoms with Gasteiger partial charge in [0.1, 0.15) is 5.82 Å². The molecular formula is C17H10F4N6. The first kappa shape index (κ1) is 16.9. The summed E-state index contributed by atoms with van der Waals surface area (Å²) >= 11 is 0. The highest BCUT2D eigenvalue weighted by Crippen LogP contribution is 2.38. The lowest BCUT2D eigenvalue weighted by molar-refractivity contribution is -0.142. The zero-order chi connectivity index (χ0) is 19.0. The number of halogens is 4. The van der Waals surface area contributed by atoms with Crippen LogP contribution in [0.4, 0.5) is 17.6 Å². The summed E-state index contributed by atoms with van der Waals surface area (Å²) in [5, 5.41) is 14.8. The molecule has 0 atom stereocenters. The second-order valence-corrected chi connectivity index (χ2v) is 5.54. The maximum atomic E-state index is 13.8. The van der Waals surface area contributed by atoms with Crippen LogP contribution in [0.25, 0.3) is 22.8 Å². The Kier molecular flexibility index (Phi) is 3.94. The Morgan fingerprint density at radius 3 is 2.15 bits per heavy atom. The number of hydrogen-bond donors (Lipinski definition) is 0. The van der Waals surface area contributed by atoms with E-state index in [9.17, 15) is 17.6 Å². The topological polar surface area (TPSA) is 61.4 Å². The van der Waals surface area contributed by atoms with Crippen LogP contribution in [0, 0.1) is 5.82 Å². The molecule has 4 rings (SSSR count). The second-order valence-electron chi connectivity index (χ2n) is 5.54. The van der Waals surface area contributed by atoms with Crippen LogP contribution < -0.4 is 0 Å². The van der Waals surface area contributed by atoms with Gasteiger partial charge in [-0.25, -0.2) is 9.07 Å². The molecule has 27 heavy (non-hydrogen) atoms. The predicted octanol–water partition coefficient (Wildman–Crippen LogP) is 3.67. The monoisotopic (exact) mass is 374 g/mol.